The molecule has 0 N–H and O–H groups in total. The zero-order valence-electron chi connectivity index (χ0n) is 10.7. The first kappa shape index (κ1) is 16.0. The number of alkyl halides is 4. The highest BCUT2D eigenvalue weighted by atomic mass is 79.9. The van der Waals surface area contributed by atoms with Crippen LogP contribution < -0.4 is 0 Å². The van der Waals surface area contributed by atoms with Gasteiger partial charge in [0.25, 0.3) is 5.91 Å². The summed E-state index contributed by atoms with van der Waals surface area (Å²) < 4.78 is 37.4. The van der Waals surface area contributed by atoms with Gasteiger partial charge in [0.1, 0.15) is 6.54 Å². The van der Waals surface area contributed by atoms with Crippen LogP contribution in [0.15, 0.2) is 18.2 Å². The van der Waals surface area contributed by atoms with Crippen LogP contribution in [-0.4, -0.2) is 35.4 Å². The number of amides is 1. The molecule has 0 saturated heterocycles. The SMILES string of the molecule is Cc1ccc(C)c(C(=O)N(CCBr)CC(F)(F)F)c1. The molecule has 0 radical (unpaired) electrons. The zero-order valence-corrected chi connectivity index (χ0v) is 12.3. The minimum absolute atomic E-state index is 0.0196. The Labute approximate surface area is 118 Å². The van der Waals surface area contributed by atoms with E-state index < -0.39 is 18.6 Å². The second kappa shape index (κ2) is 6.41. The van der Waals surface area contributed by atoms with E-state index in [2.05, 4.69) is 15.9 Å². The average molecular weight is 338 g/mol. The number of aryl methyl sites for hydroxylation is 2. The monoisotopic (exact) mass is 337 g/mol. The van der Waals surface area contributed by atoms with Crippen LogP contribution in [0, 0.1) is 13.8 Å². The number of rotatable bonds is 4. The maximum atomic E-state index is 12.5. The highest BCUT2D eigenvalue weighted by molar-refractivity contribution is 9.09. The van der Waals surface area contributed by atoms with Crippen LogP contribution in [0.2, 0.25) is 0 Å². The van der Waals surface area contributed by atoms with Gasteiger partial charge < -0.3 is 4.90 Å². The van der Waals surface area contributed by atoms with E-state index in [9.17, 15) is 18.0 Å². The Kier molecular flexibility index (Phi) is 5.40. The summed E-state index contributed by atoms with van der Waals surface area (Å²) in [7, 11) is 0. The van der Waals surface area contributed by atoms with Crippen LogP contribution in [0.5, 0.6) is 0 Å². The third-order valence-corrected chi connectivity index (χ3v) is 2.99. The quantitative estimate of drug-likeness (QED) is 0.767. The molecule has 0 unspecified atom stereocenters. The summed E-state index contributed by atoms with van der Waals surface area (Å²) >= 11 is 3.07. The minimum atomic E-state index is -4.39. The lowest BCUT2D eigenvalue weighted by molar-refractivity contribution is -0.140. The Morgan fingerprint density at radius 3 is 2.47 bits per heavy atom. The second-order valence-corrected chi connectivity index (χ2v) is 5.14. The molecule has 1 rings (SSSR count). The van der Waals surface area contributed by atoms with Crippen molar-refractivity contribution in [2.24, 2.45) is 0 Å². The molecule has 19 heavy (non-hydrogen) atoms. The fraction of sp³-hybridized carbons (Fsp3) is 0.462. The molecule has 2 nitrogen and oxygen atoms in total. The maximum Gasteiger partial charge on any atom is 0.406 e. The Hall–Kier alpha value is -1.04. The summed E-state index contributed by atoms with van der Waals surface area (Å²) in [6.45, 7) is 2.30. The molecule has 0 bridgehead atoms. The number of hydrogen-bond acceptors (Lipinski definition) is 1. The van der Waals surface area contributed by atoms with Crippen molar-refractivity contribution in [3.05, 3.63) is 34.9 Å². The maximum absolute atomic E-state index is 12.5. The highest BCUT2D eigenvalue weighted by Crippen LogP contribution is 2.20. The molecule has 0 heterocycles. The van der Waals surface area contributed by atoms with Crippen molar-refractivity contribution < 1.29 is 18.0 Å². The van der Waals surface area contributed by atoms with Gasteiger partial charge in [0.2, 0.25) is 0 Å². The highest BCUT2D eigenvalue weighted by Gasteiger charge is 2.33. The summed E-state index contributed by atoms with van der Waals surface area (Å²) in [4.78, 5) is 13.0. The van der Waals surface area contributed by atoms with E-state index in [1.165, 1.54) is 0 Å². The van der Waals surface area contributed by atoms with E-state index in [0.29, 0.717) is 16.5 Å². The predicted octanol–water partition coefficient (Wildman–Crippen LogP) is 3.70. The first-order valence-electron chi connectivity index (χ1n) is 5.74. The first-order valence-corrected chi connectivity index (χ1v) is 6.86. The van der Waals surface area contributed by atoms with Crippen molar-refractivity contribution >= 4 is 21.8 Å². The lowest BCUT2D eigenvalue weighted by Crippen LogP contribution is -2.40. The second-order valence-electron chi connectivity index (χ2n) is 4.35. The molecule has 1 aromatic rings. The van der Waals surface area contributed by atoms with Gasteiger partial charge in [-0.2, -0.15) is 13.2 Å². The lowest BCUT2D eigenvalue weighted by atomic mass is 10.0. The van der Waals surface area contributed by atoms with E-state index >= 15 is 0 Å². The lowest BCUT2D eigenvalue weighted by Gasteiger charge is -2.24. The third-order valence-electron chi connectivity index (χ3n) is 2.64. The van der Waals surface area contributed by atoms with Gasteiger partial charge in [-0.15, -0.1) is 0 Å². The number of hydrogen-bond donors (Lipinski definition) is 0. The molecular weight excluding hydrogens is 323 g/mol. The minimum Gasteiger partial charge on any atom is -0.329 e. The van der Waals surface area contributed by atoms with Crippen LogP contribution in [0.1, 0.15) is 21.5 Å². The van der Waals surface area contributed by atoms with Crippen molar-refractivity contribution in [3.8, 4) is 0 Å². The first-order chi connectivity index (χ1) is 8.74. The van der Waals surface area contributed by atoms with Crippen LogP contribution in [-0.2, 0) is 0 Å². The van der Waals surface area contributed by atoms with E-state index in [4.69, 9.17) is 0 Å². The standard InChI is InChI=1S/C13H15BrF3NO/c1-9-3-4-10(2)11(7-9)12(19)18(6-5-14)8-13(15,16)17/h3-4,7H,5-6,8H2,1-2H3. The zero-order chi connectivity index (χ0) is 14.6. The van der Waals surface area contributed by atoms with Gasteiger partial charge in [0, 0.05) is 17.4 Å². The van der Waals surface area contributed by atoms with Crippen LogP contribution >= 0.6 is 15.9 Å². The van der Waals surface area contributed by atoms with Gasteiger partial charge in [-0.05, 0) is 25.5 Å². The van der Waals surface area contributed by atoms with Crippen LogP contribution in [0.25, 0.3) is 0 Å². The molecule has 0 aliphatic carbocycles. The molecule has 6 heteroatoms. The van der Waals surface area contributed by atoms with E-state index in [1.807, 2.05) is 6.07 Å². The summed E-state index contributed by atoms with van der Waals surface area (Å²) in [6, 6.07) is 5.18. The largest absolute Gasteiger partial charge is 0.406 e. The normalized spacial score (nSPS) is 11.5. The summed E-state index contributed by atoms with van der Waals surface area (Å²) in [6.07, 6.45) is -4.39. The average Bonchev–Trinajstić information content (AvgIpc) is 2.29. The molecule has 0 aliphatic heterocycles. The number of halogens is 4. The van der Waals surface area contributed by atoms with Gasteiger partial charge in [-0.25, -0.2) is 0 Å². The number of carbonyl (C=O) groups is 1. The Morgan fingerprint density at radius 2 is 1.95 bits per heavy atom. The topological polar surface area (TPSA) is 20.3 Å². The smallest absolute Gasteiger partial charge is 0.329 e. The number of carbonyl (C=O) groups excluding carboxylic acids is 1. The number of nitrogens with zero attached hydrogens (tertiary/aromatic N) is 1. The van der Waals surface area contributed by atoms with Crippen LogP contribution in [0.3, 0.4) is 0 Å². The third kappa shape index (κ3) is 4.86. The molecule has 0 spiro atoms. The fourth-order valence-electron chi connectivity index (χ4n) is 1.71. The molecular formula is C13H15BrF3NO. The van der Waals surface area contributed by atoms with Gasteiger partial charge in [0.15, 0.2) is 0 Å². The van der Waals surface area contributed by atoms with Crippen molar-refractivity contribution in [1.29, 1.82) is 0 Å². The molecule has 1 amide bonds. The molecule has 0 saturated carbocycles. The number of benzene rings is 1. The Balaban J connectivity index is 3.02. The molecule has 0 aromatic heterocycles. The van der Waals surface area contributed by atoms with Crippen LogP contribution in [0.4, 0.5) is 13.2 Å². The van der Waals surface area contributed by atoms with Gasteiger partial charge in [-0.3, -0.25) is 4.79 Å². The van der Waals surface area contributed by atoms with Crippen molar-refractivity contribution in [3.63, 3.8) is 0 Å². The summed E-state index contributed by atoms with van der Waals surface area (Å²) in [5.41, 5.74) is 1.85. The fourth-order valence-corrected chi connectivity index (χ4v) is 2.14. The molecule has 1 aromatic carbocycles. The Bertz CT molecular complexity index is 460. The molecule has 0 fully saturated rings. The molecule has 0 aliphatic rings. The van der Waals surface area contributed by atoms with E-state index in [0.717, 1.165) is 10.5 Å². The van der Waals surface area contributed by atoms with E-state index in [1.54, 1.807) is 26.0 Å². The molecule has 0 atom stereocenters. The predicted molar refractivity (Wildman–Crippen MR) is 71.7 cm³/mol. The molecule has 106 valence electrons. The van der Waals surface area contributed by atoms with Crippen molar-refractivity contribution in [2.45, 2.75) is 20.0 Å². The van der Waals surface area contributed by atoms with E-state index in [-0.39, 0.29) is 6.54 Å². The van der Waals surface area contributed by atoms with Crippen molar-refractivity contribution in [2.75, 3.05) is 18.4 Å². The van der Waals surface area contributed by atoms with Gasteiger partial charge in [0.05, 0.1) is 0 Å². The summed E-state index contributed by atoms with van der Waals surface area (Å²) in [5, 5.41) is 0.305. The van der Waals surface area contributed by atoms with Gasteiger partial charge in [-0.1, -0.05) is 33.6 Å². The van der Waals surface area contributed by atoms with Crippen molar-refractivity contribution in [1.82, 2.24) is 4.90 Å². The summed E-state index contributed by atoms with van der Waals surface area (Å²) in [5.74, 6) is -0.585. The van der Waals surface area contributed by atoms with Gasteiger partial charge >= 0.3 is 6.18 Å². The Morgan fingerprint density at radius 1 is 1.32 bits per heavy atom.